The van der Waals surface area contributed by atoms with Crippen molar-refractivity contribution in [2.45, 2.75) is 18.2 Å². The highest BCUT2D eigenvalue weighted by Crippen LogP contribution is 2.17. The maximum Gasteiger partial charge on any atom is 0.252 e. The van der Waals surface area contributed by atoms with Gasteiger partial charge in [-0.3, -0.25) is 4.79 Å². The van der Waals surface area contributed by atoms with Gasteiger partial charge < -0.3 is 11.1 Å². The number of amides is 1. The van der Waals surface area contributed by atoms with Crippen molar-refractivity contribution in [3.63, 3.8) is 0 Å². The third-order valence-electron chi connectivity index (χ3n) is 2.37. The van der Waals surface area contributed by atoms with Gasteiger partial charge in [0.25, 0.3) is 5.91 Å². The zero-order valence-electron chi connectivity index (χ0n) is 10.3. The van der Waals surface area contributed by atoms with Crippen molar-refractivity contribution >= 4 is 15.7 Å². The molecule has 0 saturated heterocycles. The highest BCUT2D eigenvalue weighted by Gasteiger charge is 2.20. The summed E-state index contributed by atoms with van der Waals surface area (Å²) in [5.41, 5.74) is 5.47. The van der Waals surface area contributed by atoms with Crippen molar-refractivity contribution < 1.29 is 13.2 Å². The Balaban J connectivity index is 3.11. The van der Waals surface area contributed by atoms with E-state index in [0.717, 1.165) is 0 Å². The lowest BCUT2D eigenvalue weighted by molar-refractivity contribution is 0.0951. The van der Waals surface area contributed by atoms with Gasteiger partial charge in [-0.15, -0.1) is 0 Å². The van der Waals surface area contributed by atoms with Gasteiger partial charge in [0.1, 0.15) is 0 Å². The Morgan fingerprint density at radius 1 is 1.33 bits per heavy atom. The molecule has 18 heavy (non-hydrogen) atoms. The molecule has 0 spiro atoms. The Hall–Kier alpha value is -1.40. The summed E-state index contributed by atoms with van der Waals surface area (Å²) < 4.78 is 24.1. The van der Waals surface area contributed by atoms with Gasteiger partial charge in [-0.25, -0.2) is 8.42 Å². The summed E-state index contributed by atoms with van der Waals surface area (Å²) in [6.07, 6.45) is 0.515. The number of sulfone groups is 1. The van der Waals surface area contributed by atoms with Crippen LogP contribution >= 0.6 is 0 Å². The summed E-state index contributed by atoms with van der Waals surface area (Å²) in [6, 6.07) is 6.22. The molecular formula is C12H18N2O3S. The molecule has 6 heteroatoms. The number of rotatable bonds is 6. The van der Waals surface area contributed by atoms with Gasteiger partial charge in [-0.1, -0.05) is 19.1 Å². The van der Waals surface area contributed by atoms with Gasteiger partial charge in [0.15, 0.2) is 9.84 Å². The van der Waals surface area contributed by atoms with E-state index in [1.54, 1.807) is 19.1 Å². The number of benzene rings is 1. The second kappa shape index (κ2) is 6.51. The molecule has 0 aliphatic rings. The summed E-state index contributed by atoms with van der Waals surface area (Å²) in [4.78, 5) is 11.9. The standard InChI is InChI=1S/C12H18N2O3S/c1-2-9-18(16,17)11-6-4-3-5-10(11)12(15)14-8-7-13/h3-6H,2,7-9,13H2,1H3,(H,14,15). The van der Waals surface area contributed by atoms with Crippen molar-refractivity contribution in [3.8, 4) is 0 Å². The SMILES string of the molecule is CCCS(=O)(=O)c1ccccc1C(=O)NCCN. The van der Waals surface area contributed by atoms with Crippen molar-refractivity contribution in [1.29, 1.82) is 0 Å². The van der Waals surface area contributed by atoms with Crippen LogP contribution in [-0.2, 0) is 9.84 Å². The lowest BCUT2D eigenvalue weighted by atomic mass is 10.2. The maximum atomic E-state index is 12.0. The van der Waals surface area contributed by atoms with Crippen molar-refractivity contribution in [1.82, 2.24) is 5.32 Å². The Labute approximate surface area is 107 Å². The zero-order chi connectivity index (χ0) is 13.6. The van der Waals surface area contributed by atoms with Gasteiger partial charge in [-0.05, 0) is 18.6 Å². The molecule has 0 aromatic heterocycles. The van der Waals surface area contributed by atoms with Crippen LogP contribution in [0.2, 0.25) is 0 Å². The van der Waals surface area contributed by atoms with Crippen LogP contribution in [0.15, 0.2) is 29.2 Å². The van der Waals surface area contributed by atoms with Crippen LogP contribution in [0.1, 0.15) is 23.7 Å². The third-order valence-corrected chi connectivity index (χ3v) is 4.34. The van der Waals surface area contributed by atoms with Gasteiger partial charge in [0, 0.05) is 13.1 Å². The monoisotopic (exact) mass is 270 g/mol. The summed E-state index contributed by atoms with van der Waals surface area (Å²) in [7, 11) is -3.40. The Morgan fingerprint density at radius 3 is 2.61 bits per heavy atom. The van der Waals surface area contributed by atoms with E-state index < -0.39 is 15.7 Å². The molecule has 0 fully saturated rings. The molecule has 1 aromatic carbocycles. The lowest BCUT2D eigenvalue weighted by Gasteiger charge is -2.09. The molecule has 1 amide bonds. The van der Waals surface area contributed by atoms with Gasteiger partial charge in [-0.2, -0.15) is 0 Å². The van der Waals surface area contributed by atoms with E-state index in [4.69, 9.17) is 5.73 Å². The molecule has 0 unspecified atom stereocenters. The molecule has 3 N–H and O–H groups in total. The first kappa shape index (κ1) is 14.7. The van der Waals surface area contributed by atoms with Gasteiger partial charge in [0.2, 0.25) is 0 Å². The Kier molecular flexibility index (Phi) is 5.30. The lowest BCUT2D eigenvalue weighted by Crippen LogP contribution is -2.30. The zero-order valence-corrected chi connectivity index (χ0v) is 11.2. The quantitative estimate of drug-likeness (QED) is 0.790. The first-order valence-corrected chi connectivity index (χ1v) is 7.48. The van der Waals surface area contributed by atoms with Crippen LogP contribution in [0.4, 0.5) is 0 Å². The fourth-order valence-electron chi connectivity index (χ4n) is 1.59. The van der Waals surface area contributed by atoms with Crippen molar-refractivity contribution in [3.05, 3.63) is 29.8 Å². The molecule has 0 aliphatic carbocycles. The molecule has 100 valence electrons. The minimum atomic E-state index is -3.40. The van der Waals surface area contributed by atoms with Gasteiger partial charge >= 0.3 is 0 Å². The minimum absolute atomic E-state index is 0.0359. The second-order valence-electron chi connectivity index (χ2n) is 3.86. The van der Waals surface area contributed by atoms with E-state index in [2.05, 4.69) is 5.32 Å². The highest BCUT2D eigenvalue weighted by molar-refractivity contribution is 7.91. The summed E-state index contributed by atoms with van der Waals surface area (Å²) in [5, 5.41) is 2.57. The van der Waals surface area contributed by atoms with Crippen LogP contribution < -0.4 is 11.1 Å². The first-order chi connectivity index (χ1) is 8.53. The highest BCUT2D eigenvalue weighted by atomic mass is 32.2. The molecule has 0 heterocycles. The minimum Gasteiger partial charge on any atom is -0.351 e. The van der Waals surface area contributed by atoms with E-state index in [1.165, 1.54) is 12.1 Å². The number of carbonyl (C=O) groups is 1. The first-order valence-electron chi connectivity index (χ1n) is 5.83. The summed E-state index contributed by atoms with van der Waals surface area (Å²) in [5.74, 6) is -0.371. The molecule has 5 nitrogen and oxygen atoms in total. The Morgan fingerprint density at radius 2 is 2.00 bits per heavy atom. The van der Waals surface area contributed by atoms with Crippen LogP contribution in [0, 0.1) is 0 Å². The number of nitrogens with one attached hydrogen (secondary N) is 1. The number of hydrogen-bond acceptors (Lipinski definition) is 4. The van der Waals surface area contributed by atoms with Crippen LogP contribution in [-0.4, -0.2) is 33.2 Å². The smallest absolute Gasteiger partial charge is 0.252 e. The molecule has 0 radical (unpaired) electrons. The average Bonchev–Trinajstić information content (AvgIpc) is 2.36. The topological polar surface area (TPSA) is 89.3 Å². The number of carbonyl (C=O) groups excluding carboxylic acids is 1. The second-order valence-corrected chi connectivity index (χ2v) is 5.94. The van der Waals surface area contributed by atoms with Gasteiger partial charge in [0.05, 0.1) is 16.2 Å². The molecule has 0 saturated carbocycles. The van der Waals surface area contributed by atoms with Crippen molar-refractivity contribution in [2.24, 2.45) is 5.73 Å². The molecule has 0 atom stereocenters. The molecular weight excluding hydrogens is 252 g/mol. The molecule has 0 bridgehead atoms. The molecule has 0 aliphatic heterocycles. The van der Waals surface area contributed by atoms with E-state index in [1.807, 2.05) is 0 Å². The fourth-order valence-corrected chi connectivity index (χ4v) is 3.12. The molecule has 1 rings (SSSR count). The maximum absolute atomic E-state index is 12.0. The van der Waals surface area contributed by atoms with Crippen LogP contribution in [0.25, 0.3) is 0 Å². The summed E-state index contributed by atoms with van der Waals surface area (Å²) >= 11 is 0. The van der Waals surface area contributed by atoms with E-state index in [0.29, 0.717) is 19.5 Å². The predicted molar refractivity (Wildman–Crippen MR) is 70.2 cm³/mol. The third kappa shape index (κ3) is 3.54. The largest absolute Gasteiger partial charge is 0.351 e. The van der Waals surface area contributed by atoms with Crippen molar-refractivity contribution in [2.75, 3.05) is 18.8 Å². The number of nitrogens with two attached hydrogens (primary N) is 1. The predicted octanol–water partition coefficient (Wildman–Crippen LogP) is 0.559. The van der Waals surface area contributed by atoms with Crippen LogP contribution in [0.5, 0.6) is 0 Å². The average molecular weight is 270 g/mol. The summed E-state index contributed by atoms with van der Waals surface area (Å²) in [6.45, 7) is 2.42. The normalized spacial score (nSPS) is 11.2. The fraction of sp³-hybridized carbons (Fsp3) is 0.417. The molecule has 1 aromatic rings. The Bertz CT molecular complexity index is 512. The van der Waals surface area contributed by atoms with E-state index in [-0.39, 0.29) is 16.2 Å². The number of hydrogen-bond donors (Lipinski definition) is 2. The van der Waals surface area contributed by atoms with E-state index >= 15 is 0 Å². The van der Waals surface area contributed by atoms with E-state index in [9.17, 15) is 13.2 Å². The van der Waals surface area contributed by atoms with Crippen LogP contribution in [0.3, 0.4) is 0 Å².